The Bertz CT molecular complexity index is 481. The maximum Gasteiger partial charge on any atom is 0.410 e. The number of carbonyl (C=O) groups is 1. The van der Waals surface area contributed by atoms with Gasteiger partial charge >= 0.3 is 6.09 Å². The third-order valence-electron chi connectivity index (χ3n) is 4.30. The number of ether oxygens (including phenoxy) is 1. The minimum absolute atomic E-state index is 0.141. The van der Waals surface area contributed by atoms with Crippen molar-refractivity contribution in [1.29, 1.82) is 0 Å². The number of hydrogen-bond donors (Lipinski definition) is 1. The average molecular weight is 260 g/mol. The van der Waals surface area contributed by atoms with Gasteiger partial charge in [0.25, 0.3) is 0 Å². The van der Waals surface area contributed by atoms with Gasteiger partial charge in [-0.1, -0.05) is 24.3 Å². The number of aryl methyl sites for hydroxylation is 1. The largest absolute Gasteiger partial charge is 0.447 e. The van der Waals surface area contributed by atoms with Gasteiger partial charge in [-0.05, 0) is 37.4 Å². The van der Waals surface area contributed by atoms with Gasteiger partial charge in [0.2, 0.25) is 0 Å². The number of nitrogens with one attached hydrogen (secondary N) is 1. The van der Waals surface area contributed by atoms with Crippen molar-refractivity contribution in [2.45, 2.75) is 31.8 Å². The first-order valence-electron chi connectivity index (χ1n) is 6.91. The molecule has 0 aromatic heterocycles. The molecule has 2 aliphatic heterocycles. The Labute approximate surface area is 113 Å². The van der Waals surface area contributed by atoms with Gasteiger partial charge in [-0.25, -0.2) is 4.79 Å². The van der Waals surface area contributed by atoms with Crippen molar-refractivity contribution in [3.63, 3.8) is 0 Å². The molecule has 0 aliphatic carbocycles. The molecule has 102 valence electrons. The molecular weight excluding hydrogens is 240 g/mol. The summed E-state index contributed by atoms with van der Waals surface area (Å²) in [6.45, 7) is 5.12. The predicted molar refractivity (Wildman–Crippen MR) is 72.9 cm³/mol. The van der Waals surface area contributed by atoms with Crippen LogP contribution in [0.3, 0.4) is 0 Å². The summed E-state index contributed by atoms with van der Waals surface area (Å²) in [6.07, 6.45) is 1.95. The standard InChI is InChI=1S/C15H20N2O2/c1-12-5-2-3-6-13(12)9-17-14(18)19-11-15(17)7-4-8-16-10-15/h2-3,5-6,16H,4,7-11H2,1H3. The van der Waals surface area contributed by atoms with Crippen LogP contribution >= 0.6 is 0 Å². The predicted octanol–water partition coefficient (Wildman–Crippen LogP) is 2.07. The van der Waals surface area contributed by atoms with E-state index in [1.54, 1.807) is 0 Å². The lowest BCUT2D eigenvalue weighted by atomic mass is 9.89. The molecule has 1 unspecified atom stereocenters. The Morgan fingerprint density at radius 1 is 1.42 bits per heavy atom. The van der Waals surface area contributed by atoms with Gasteiger partial charge in [-0.15, -0.1) is 0 Å². The van der Waals surface area contributed by atoms with Crippen molar-refractivity contribution in [2.24, 2.45) is 0 Å². The van der Waals surface area contributed by atoms with Crippen molar-refractivity contribution in [1.82, 2.24) is 10.2 Å². The first kappa shape index (κ1) is 12.5. The highest BCUT2D eigenvalue weighted by molar-refractivity contribution is 5.71. The quantitative estimate of drug-likeness (QED) is 0.885. The zero-order chi connectivity index (χ0) is 13.3. The molecule has 1 atom stereocenters. The highest BCUT2D eigenvalue weighted by atomic mass is 16.6. The maximum atomic E-state index is 12.0. The number of benzene rings is 1. The normalized spacial score (nSPS) is 26.8. The van der Waals surface area contributed by atoms with Crippen molar-refractivity contribution in [2.75, 3.05) is 19.7 Å². The molecule has 19 heavy (non-hydrogen) atoms. The molecule has 1 spiro atoms. The van der Waals surface area contributed by atoms with E-state index in [0.717, 1.165) is 25.9 Å². The summed E-state index contributed by atoms with van der Waals surface area (Å²) in [4.78, 5) is 14.0. The van der Waals surface area contributed by atoms with Crippen molar-refractivity contribution >= 4 is 6.09 Å². The van der Waals surface area contributed by atoms with Gasteiger partial charge in [0.15, 0.2) is 0 Å². The second-order valence-corrected chi connectivity index (χ2v) is 5.57. The summed E-state index contributed by atoms with van der Waals surface area (Å²) in [7, 11) is 0. The molecule has 4 heteroatoms. The average Bonchev–Trinajstić information content (AvgIpc) is 2.71. The number of amides is 1. The van der Waals surface area contributed by atoms with E-state index < -0.39 is 0 Å². The van der Waals surface area contributed by atoms with E-state index in [0.29, 0.717) is 13.2 Å². The van der Waals surface area contributed by atoms with E-state index in [4.69, 9.17) is 4.74 Å². The number of cyclic esters (lactones) is 1. The second kappa shape index (κ2) is 4.85. The molecule has 2 fully saturated rings. The third kappa shape index (κ3) is 2.21. The van der Waals surface area contributed by atoms with E-state index in [1.807, 2.05) is 17.0 Å². The van der Waals surface area contributed by atoms with Crippen LogP contribution in [0.4, 0.5) is 4.79 Å². The van der Waals surface area contributed by atoms with Gasteiger partial charge < -0.3 is 10.1 Å². The van der Waals surface area contributed by atoms with Crippen molar-refractivity contribution < 1.29 is 9.53 Å². The van der Waals surface area contributed by atoms with Crippen LogP contribution < -0.4 is 5.32 Å². The van der Waals surface area contributed by atoms with Gasteiger partial charge in [-0.3, -0.25) is 4.90 Å². The van der Waals surface area contributed by atoms with E-state index in [2.05, 4.69) is 24.4 Å². The van der Waals surface area contributed by atoms with Crippen LogP contribution in [0, 0.1) is 6.92 Å². The minimum Gasteiger partial charge on any atom is -0.447 e. The lowest BCUT2D eigenvalue weighted by Gasteiger charge is -2.39. The molecule has 0 radical (unpaired) electrons. The zero-order valence-corrected chi connectivity index (χ0v) is 11.3. The summed E-state index contributed by atoms with van der Waals surface area (Å²) >= 11 is 0. The van der Waals surface area contributed by atoms with E-state index in [-0.39, 0.29) is 11.6 Å². The molecule has 3 rings (SSSR count). The fraction of sp³-hybridized carbons (Fsp3) is 0.533. The Kier molecular flexibility index (Phi) is 3.19. The van der Waals surface area contributed by atoms with E-state index in [9.17, 15) is 4.79 Å². The third-order valence-corrected chi connectivity index (χ3v) is 4.30. The molecule has 2 saturated heterocycles. The molecular formula is C15H20N2O2. The highest BCUT2D eigenvalue weighted by Crippen LogP contribution is 2.32. The van der Waals surface area contributed by atoms with E-state index >= 15 is 0 Å². The lowest BCUT2D eigenvalue weighted by Crippen LogP contribution is -2.56. The number of nitrogens with zero attached hydrogens (tertiary/aromatic N) is 1. The minimum atomic E-state index is -0.174. The summed E-state index contributed by atoms with van der Waals surface area (Å²) in [6, 6.07) is 8.22. The molecule has 1 N–H and O–H groups in total. The number of piperidine rings is 1. The SMILES string of the molecule is Cc1ccccc1CN1C(=O)OCC12CCCNC2. The van der Waals surface area contributed by atoms with Crippen molar-refractivity contribution in [3.8, 4) is 0 Å². The number of carbonyl (C=O) groups excluding carboxylic acids is 1. The molecule has 4 nitrogen and oxygen atoms in total. The summed E-state index contributed by atoms with van der Waals surface area (Å²) in [5.74, 6) is 0. The first-order chi connectivity index (χ1) is 9.21. The van der Waals surface area contributed by atoms with Crippen LogP contribution in [-0.4, -0.2) is 36.2 Å². The van der Waals surface area contributed by atoms with Crippen LogP contribution in [0.1, 0.15) is 24.0 Å². The maximum absolute atomic E-state index is 12.0. The smallest absolute Gasteiger partial charge is 0.410 e. The van der Waals surface area contributed by atoms with Gasteiger partial charge in [0.1, 0.15) is 6.61 Å². The number of hydrogen-bond acceptors (Lipinski definition) is 3. The molecule has 0 saturated carbocycles. The molecule has 0 bridgehead atoms. The molecule has 2 aliphatic rings. The summed E-state index contributed by atoms with van der Waals surface area (Å²) < 4.78 is 5.32. The van der Waals surface area contributed by atoms with Crippen LogP contribution in [0.25, 0.3) is 0 Å². The van der Waals surface area contributed by atoms with Gasteiger partial charge in [0.05, 0.1) is 12.1 Å². The molecule has 1 aromatic carbocycles. The van der Waals surface area contributed by atoms with E-state index in [1.165, 1.54) is 11.1 Å². The fourth-order valence-electron chi connectivity index (χ4n) is 3.04. The number of rotatable bonds is 2. The molecule has 1 amide bonds. The molecule has 2 heterocycles. The van der Waals surface area contributed by atoms with Crippen LogP contribution in [0.15, 0.2) is 24.3 Å². The molecule has 1 aromatic rings. The van der Waals surface area contributed by atoms with Crippen LogP contribution in [-0.2, 0) is 11.3 Å². The zero-order valence-electron chi connectivity index (χ0n) is 11.3. The summed E-state index contributed by atoms with van der Waals surface area (Å²) in [5.41, 5.74) is 2.28. The Morgan fingerprint density at radius 2 is 2.26 bits per heavy atom. The second-order valence-electron chi connectivity index (χ2n) is 5.57. The Morgan fingerprint density at radius 3 is 3.00 bits per heavy atom. The van der Waals surface area contributed by atoms with Gasteiger partial charge in [-0.2, -0.15) is 0 Å². The monoisotopic (exact) mass is 260 g/mol. The topological polar surface area (TPSA) is 41.6 Å². The highest BCUT2D eigenvalue weighted by Gasteiger charge is 2.47. The van der Waals surface area contributed by atoms with Gasteiger partial charge in [0, 0.05) is 6.54 Å². The summed E-state index contributed by atoms with van der Waals surface area (Å²) in [5, 5.41) is 3.39. The first-order valence-corrected chi connectivity index (χ1v) is 6.91. The van der Waals surface area contributed by atoms with Crippen LogP contribution in [0.2, 0.25) is 0 Å². The fourth-order valence-corrected chi connectivity index (χ4v) is 3.04. The Hall–Kier alpha value is -1.55. The lowest BCUT2D eigenvalue weighted by molar-refractivity contribution is 0.124. The van der Waals surface area contributed by atoms with Crippen molar-refractivity contribution in [3.05, 3.63) is 35.4 Å². The Balaban J connectivity index is 1.85. The van der Waals surface area contributed by atoms with Crippen LogP contribution in [0.5, 0.6) is 0 Å².